The summed E-state index contributed by atoms with van der Waals surface area (Å²) in [6.07, 6.45) is 4.97. The average Bonchev–Trinajstić information content (AvgIpc) is 2.71. The normalized spacial score (nSPS) is 19.4. The van der Waals surface area contributed by atoms with E-state index >= 15 is 0 Å². The van der Waals surface area contributed by atoms with Crippen molar-refractivity contribution in [3.63, 3.8) is 0 Å². The molecule has 150 valence electrons. The number of carbonyl (C=O) groups excluding carboxylic acids is 1. The molecule has 1 aliphatic rings. The van der Waals surface area contributed by atoms with Crippen LogP contribution in [0, 0.1) is 17.6 Å². The summed E-state index contributed by atoms with van der Waals surface area (Å²) < 4.78 is 37.4. The van der Waals surface area contributed by atoms with Gasteiger partial charge in [-0.1, -0.05) is 18.2 Å². The second-order valence-corrected chi connectivity index (χ2v) is 7.24. The van der Waals surface area contributed by atoms with E-state index in [1.54, 1.807) is 18.2 Å². The zero-order chi connectivity index (χ0) is 19.9. The lowest BCUT2D eigenvalue weighted by Gasteiger charge is -2.26. The van der Waals surface area contributed by atoms with Crippen molar-refractivity contribution in [2.75, 3.05) is 6.61 Å². The maximum absolute atomic E-state index is 13.3. The highest BCUT2D eigenvalue weighted by Gasteiger charge is 2.27. The van der Waals surface area contributed by atoms with Gasteiger partial charge in [-0.2, -0.15) is 0 Å². The molecule has 0 spiro atoms. The van der Waals surface area contributed by atoms with Crippen molar-refractivity contribution in [1.82, 2.24) is 0 Å². The predicted molar refractivity (Wildman–Crippen MR) is 103 cm³/mol. The second kappa shape index (κ2) is 9.78. The van der Waals surface area contributed by atoms with Crippen LogP contribution in [0.2, 0.25) is 0 Å². The number of ether oxygens (including phenoxy) is 2. The molecular weight excluding hydrogens is 362 g/mol. The van der Waals surface area contributed by atoms with Crippen LogP contribution in [-0.4, -0.2) is 18.7 Å². The number of hydrogen-bond acceptors (Lipinski definition) is 3. The third kappa shape index (κ3) is 5.61. The fraction of sp³-hybridized carbons (Fsp3) is 0.435. The molecule has 2 aromatic carbocycles. The molecule has 2 aromatic rings. The number of halogens is 2. The Labute approximate surface area is 164 Å². The van der Waals surface area contributed by atoms with Crippen LogP contribution in [-0.2, 0) is 22.4 Å². The van der Waals surface area contributed by atoms with E-state index in [0.717, 1.165) is 42.9 Å². The SMILES string of the molecule is CCO[C@H]1CC[C@H](C(=O)Oc2ccc(CCc3ccc(F)c(F)c3)cc2)CC1. The van der Waals surface area contributed by atoms with Crippen molar-refractivity contribution in [2.24, 2.45) is 5.92 Å². The smallest absolute Gasteiger partial charge is 0.314 e. The molecule has 0 radical (unpaired) electrons. The standard InChI is InChI=1S/C23H26F2O3/c1-2-27-19-12-8-18(9-13-19)23(26)28-20-10-5-16(6-11-20)3-4-17-7-14-21(24)22(25)15-17/h5-7,10-11,14-15,18-19H,2-4,8-9,12-13H2,1H3/t18-,19-. The molecule has 0 amide bonds. The van der Waals surface area contributed by atoms with Crippen molar-refractivity contribution in [2.45, 2.75) is 51.6 Å². The summed E-state index contributed by atoms with van der Waals surface area (Å²) in [5.74, 6) is -1.36. The summed E-state index contributed by atoms with van der Waals surface area (Å²) in [4.78, 5) is 12.4. The third-order valence-electron chi connectivity index (χ3n) is 5.24. The first kappa shape index (κ1) is 20.5. The fourth-order valence-corrected chi connectivity index (χ4v) is 3.61. The second-order valence-electron chi connectivity index (χ2n) is 7.24. The molecule has 0 saturated heterocycles. The molecule has 1 aliphatic carbocycles. The van der Waals surface area contributed by atoms with E-state index in [9.17, 15) is 13.6 Å². The Morgan fingerprint density at radius 2 is 1.57 bits per heavy atom. The lowest BCUT2D eigenvalue weighted by atomic mass is 9.87. The third-order valence-corrected chi connectivity index (χ3v) is 5.24. The molecule has 5 heteroatoms. The molecule has 0 aromatic heterocycles. The molecule has 1 saturated carbocycles. The lowest BCUT2D eigenvalue weighted by Crippen LogP contribution is -2.28. The minimum Gasteiger partial charge on any atom is -0.426 e. The van der Waals surface area contributed by atoms with Crippen LogP contribution in [0.3, 0.4) is 0 Å². The van der Waals surface area contributed by atoms with Gasteiger partial charge in [-0.05, 0) is 80.8 Å². The van der Waals surface area contributed by atoms with E-state index in [1.807, 2.05) is 19.1 Å². The van der Waals surface area contributed by atoms with Crippen LogP contribution in [0.1, 0.15) is 43.7 Å². The Hall–Kier alpha value is -2.27. The van der Waals surface area contributed by atoms with Crippen LogP contribution in [0.5, 0.6) is 5.75 Å². The minimum atomic E-state index is -0.832. The van der Waals surface area contributed by atoms with Crippen molar-refractivity contribution >= 4 is 5.97 Å². The van der Waals surface area contributed by atoms with Gasteiger partial charge in [0.05, 0.1) is 12.0 Å². The number of hydrogen-bond donors (Lipinski definition) is 0. The molecule has 3 rings (SSSR count). The molecule has 0 bridgehead atoms. The Kier molecular flexibility index (Phi) is 7.15. The highest BCUT2D eigenvalue weighted by atomic mass is 19.2. The average molecular weight is 388 g/mol. The van der Waals surface area contributed by atoms with Gasteiger partial charge in [-0.15, -0.1) is 0 Å². The van der Waals surface area contributed by atoms with Gasteiger partial charge >= 0.3 is 5.97 Å². The number of rotatable bonds is 7. The maximum Gasteiger partial charge on any atom is 0.314 e. The van der Waals surface area contributed by atoms with Gasteiger partial charge in [-0.3, -0.25) is 4.79 Å². The molecule has 0 N–H and O–H groups in total. The highest BCUT2D eigenvalue weighted by molar-refractivity contribution is 5.75. The zero-order valence-corrected chi connectivity index (χ0v) is 16.1. The van der Waals surface area contributed by atoms with Crippen molar-refractivity contribution in [3.05, 3.63) is 65.2 Å². The maximum atomic E-state index is 13.3. The number of aryl methyl sites for hydroxylation is 2. The van der Waals surface area contributed by atoms with Crippen LogP contribution >= 0.6 is 0 Å². The highest BCUT2D eigenvalue weighted by Crippen LogP contribution is 2.28. The summed E-state index contributed by atoms with van der Waals surface area (Å²) in [5, 5.41) is 0. The Bertz CT molecular complexity index is 781. The first-order valence-corrected chi connectivity index (χ1v) is 9.91. The molecule has 0 heterocycles. The van der Waals surface area contributed by atoms with Gasteiger partial charge in [0.15, 0.2) is 11.6 Å². The number of esters is 1. The molecular formula is C23H26F2O3. The minimum absolute atomic E-state index is 0.0650. The predicted octanol–water partition coefficient (Wildman–Crippen LogP) is 5.25. The molecule has 0 aliphatic heterocycles. The summed E-state index contributed by atoms with van der Waals surface area (Å²) in [7, 11) is 0. The van der Waals surface area contributed by atoms with Gasteiger partial charge in [0.2, 0.25) is 0 Å². The van der Waals surface area contributed by atoms with Gasteiger partial charge in [0.25, 0.3) is 0 Å². The van der Waals surface area contributed by atoms with E-state index in [1.165, 1.54) is 6.07 Å². The quantitative estimate of drug-likeness (QED) is 0.480. The number of benzene rings is 2. The summed E-state index contributed by atoms with van der Waals surface area (Å²) in [6.45, 7) is 2.70. The molecule has 1 fully saturated rings. The Morgan fingerprint density at radius 3 is 2.21 bits per heavy atom. The van der Waals surface area contributed by atoms with Crippen LogP contribution in [0.15, 0.2) is 42.5 Å². The molecule has 3 nitrogen and oxygen atoms in total. The van der Waals surface area contributed by atoms with Gasteiger partial charge in [0, 0.05) is 6.61 Å². The number of carbonyl (C=O) groups is 1. The topological polar surface area (TPSA) is 35.5 Å². The van der Waals surface area contributed by atoms with Crippen LogP contribution < -0.4 is 4.74 Å². The Morgan fingerprint density at radius 1 is 0.929 bits per heavy atom. The molecule has 0 atom stereocenters. The van der Waals surface area contributed by atoms with Crippen LogP contribution in [0.4, 0.5) is 8.78 Å². The van der Waals surface area contributed by atoms with Crippen molar-refractivity contribution < 1.29 is 23.0 Å². The monoisotopic (exact) mass is 388 g/mol. The van der Waals surface area contributed by atoms with Gasteiger partial charge in [0.1, 0.15) is 5.75 Å². The van der Waals surface area contributed by atoms with Gasteiger partial charge in [-0.25, -0.2) is 8.78 Å². The largest absolute Gasteiger partial charge is 0.426 e. The van der Waals surface area contributed by atoms with E-state index < -0.39 is 11.6 Å². The van der Waals surface area contributed by atoms with E-state index in [0.29, 0.717) is 25.2 Å². The summed E-state index contributed by atoms with van der Waals surface area (Å²) in [6, 6.07) is 11.3. The van der Waals surface area contributed by atoms with E-state index in [-0.39, 0.29) is 18.0 Å². The van der Waals surface area contributed by atoms with Crippen molar-refractivity contribution in [1.29, 1.82) is 0 Å². The lowest BCUT2D eigenvalue weighted by molar-refractivity contribution is -0.141. The summed E-state index contributed by atoms with van der Waals surface area (Å²) in [5.41, 5.74) is 1.79. The summed E-state index contributed by atoms with van der Waals surface area (Å²) >= 11 is 0. The van der Waals surface area contributed by atoms with Gasteiger partial charge < -0.3 is 9.47 Å². The fourth-order valence-electron chi connectivity index (χ4n) is 3.61. The van der Waals surface area contributed by atoms with E-state index in [4.69, 9.17) is 9.47 Å². The molecule has 0 unspecified atom stereocenters. The first-order valence-electron chi connectivity index (χ1n) is 9.91. The Balaban J connectivity index is 1.47. The van der Waals surface area contributed by atoms with Crippen LogP contribution in [0.25, 0.3) is 0 Å². The zero-order valence-electron chi connectivity index (χ0n) is 16.1. The molecule has 28 heavy (non-hydrogen) atoms. The van der Waals surface area contributed by atoms with Crippen molar-refractivity contribution in [3.8, 4) is 5.75 Å². The van der Waals surface area contributed by atoms with E-state index in [2.05, 4.69) is 0 Å². The first-order chi connectivity index (χ1) is 13.5.